The van der Waals surface area contributed by atoms with Crippen LogP contribution in [0.1, 0.15) is 0 Å². The quantitative estimate of drug-likeness (QED) is 0.391. The van der Waals surface area contributed by atoms with Crippen LogP contribution in [-0.2, 0) is 23.2 Å². The molecule has 1 N–H and O–H groups in total. The second-order valence-electron chi connectivity index (χ2n) is 0.959. The number of thiol groups is 1. The third kappa shape index (κ3) is 4.46. The van der Waals surface area contributed by atoms with E-state index >= 15 is 0 Å². The first kappa shape index (κ1) is 8.30. The van der Waals surface area contributed by atoms with Crippen LogP contribution >= 0.6 is 10.1 Å². The standard InChI is InChI=1S/C4H6NO.Ag.H2S/c1-3-4(6)5-2;;/h1,3H,2H3,(H,5,6);;1H2/q;+1;/p-1. The Kier molecular flexibility index (Phi) is 5.64. The average Bonchev–Trinajstić information content (AvgIpc) is 1.83. The van der Waals surface area contributed by atoms with Crippen molar-refractivity contribution in [3.8, 4) is 0 Å². The molecule has 0 rings (SSSR count). The van der Waals surface area contributed by atoms with E-state index in [4.69, 9.17) is 0 Å². The van der Waals surface area contributed by atoms with Gasteiger partial charge in [-0.25, -0.2) is 0 Å². The second-order valence-corrected chi connectivity index (χ2v) is 2.76. The molecule has 4 heteroatoms. The molecule has 0 aliphatic rings. The van der Waals surface area contributed by atoms with Crippen LogP contribution in [0.2, 0.25) is 0 Å². The molecule has 0 aromatic heterocycles. The summed E-state index contributed by atoms with van der Waals surface area (Å²) in [5.41, 5.74) is 0. The second kappa shape index (κ2) is 5.44. The Bertz CT molecular complexity index is 104. The summed E-state index contributed by atoms with van der Waals surface area (Å²) in [6, 6.07) is 0. The predicted molar refractivity (Wildman–Crippen MR) is 32.2 cm³/mol. The third-order valence-corrected chi connectivity index (χ3v) is 1.49. The Morgan fingerprint density at radius 2 is 2.50 bits per heavy atom. The Morgan fingerprint density at radius 3 is 2.88 bits per heavy atom. The number of carbonyl (C=O) groups is 1. The van der Waals surface area contributed by atoms with E-state index in [0.29, 0.717) is 18.4 Å². The molecule has 0 spiro atoms. The Morgan fingerprint density at radius 1 is 1.88 bits per heavy atom. The van der Waals surface area contributed by atoms with Crippen LogP contribution in [0.4, 0.5) is 0 Å². The van der Waals surface area contributed by atoms with E-state index in [1.807, 2.05) is 0 Å². The van der Waals surface area contributed by atoms with Gasteiger partial charge in [-0.15, -0.1) is 0 Å². The van der Waals surface area contributed by atoms with Crippen LogP contribution in [0.3, 0.4) is 0 Å². The van der Waals surface area contributed by atoms with Gasteiger partial charge in [0.25, 0.3) is 0 Å². The summed E-state index contributed by atoms with van der Waals surface area (Å²) in [6.45, 7) is 0. The topological polar surface area (TPSA) is 29.1 Å². The van der Waals surface area contributed by atoms with Gasteiger partial charge in [-0.05, 0) is 0 Å². The van der Waals surface area contributed by atoms with Crippen molar-refractivity contribution in [2.24, 2.45) is 0 Å². The summed E-state index contributed by atoms with van der Waals surface area (Å²) in [7, 11) is 5.49. The predicted octanol–water partition coefficient (Wildman–Crippen LogP) is 0.173. The number of carbonyl (C=O) groups excluding carboxylic acids is 1. The van der Waals surface area contributed by atoms with Crippen LogP contribution in [-0.4, -0.2) is 13.0 Å². The first-order valence-corrected chi connectivity index (χ1v) is 5.00. The third-order valence-electron chi connectivity index (χ3n) is 0.493. The van der Waals surface area contributed by atoms with Crippen LogP contribution in [0, 0.1) is 0 Å². The zero-order chi connectivity index (χ0) is 6.41. The molecule has 1 amide bonds. The van der Waals surface area contributed by atoms with Gasteiger partial charge >= 0.3 is 62.0 Å². The van der Waals surface area contributed by atoms with Crippen molar-refractivity contribution in [1.82, 2.24) is 5.32 Å². The van der Waals surface area contributed by atoms with Gasteiger partial charge in [-0.3, -0.25) is 0 Å². The van der Waals surface area contributed by atoms with E-state index in [2.05, 4.69) is 15.4 Å². The number of likely N-dealkylation sites (N-methyl/N-ethyl adjacent to an activating group) is 1. The fourth-order valence-electron chi connectivity index (χ4n) is 0.151. The summed E-state index contributed by atoms with van der Waals surface area (Å²) in [5.74, 6) is -0.0767. The molecule has 8 heavy (non-hydrogen) atoms. The molecule has 0 heterocycles. The fraction of sp³-hybridized carbons (Fsp3) is 0.250. The SMILES string of the molecule is CNC(=O)C=[CH][Ag][SH]. The van der Waals surface area contributed by atoms with Gasteiger partial charge < -0.3 is 0 Å². The van der Waals surface area contributed by atoms with Gasteiger partial charge in [0, 0.05) is 0 Å². The van der Waals surface area contributed by atoms with Gasteiger partial charge in [-0.2, -0.15) is 0 Å². The van der Waals surface area contributed by atoms with E-state index in [1.54, 1.807) is 11.3 Å². The van der Waals surface area contributed by atoms with Crippen molar-refractivity contribution in [3.63, 3.8) is 0 Å². The van der Waals surface area contributed by atoms with Crippen LogP contribution < -0.4 is 5.32 Å². The van der Waals surface area contributed by atoms with Crippen LogP contribution in [0.25, 0.3) is 0 Å². The maximum atomic E-state index is 10.3. The molecule has 0 aliphatic heterocycles. The first-order chi connectivity index (χ1) is 3.81. The van der Waals surface area contributed by atoms with E-state index in [-0.39, 0.29) is 5.91 Å². The molecule has 0 radical (unpaired) electrons. The average molecular weight is 225 g/mol. The van der Waals surface area contributed by atoms with E-state index in [0.717, 1.165) is 0 Å². The van der Waals surface area contributed by atoms with Crippen molar-refractivity contribution < 1.29 is 23.2 Å². The van der Waals surface area contributed by atoms with Crippen molar-refractivity contribution in [3.05, 3.63) is 10.4 Å². The number of hydrogen-bond donors (Lipinski definition) is 2. The van der Waals surface area contributed by atoms with Crippen molar-refractivity contribution >= 4 is 16.0 Å². The molecular weight excluding hydrogens is 218 g/mol. The first-order valence-electron chi connectivity index (χ1n) is 1.89. The normalized spacial score (nSPS) is 10.2. The summed E-state index contributed by atoms with van der Waals surface area (Å²) in [4.78, 5) is 10.3. The fourth-order valence-corrected chi connectivity index (χ4v) is 0.752. The zero-order valence-corrected chi connectivity index (χ0v) is 6.69. The van der Waals surface area contributed by atoms with Crippen LogP contribution in [0.15, 0.2) is 10.4 Å². The maximum absolute atomic E-state index is 10.3. The van der Waals surface area contributed by atoms with E-state index in [1.165, 1.54) is 6.08 Å². The summed E-state index contributed by atoms with van der Waals surface area (Å²) >= 11 is 0.391. The molecule has 0 saturated carbocycles. The number of hydrogen-bond acceptors (Lipinski definition) is 2. The van der Waals surface area contributed by atoms with Crippen molar-refractivity contribution in [1.29, 1.82) is 0 Å². The number of rotatable bonds is 2. The number of nitrogens with one attached hydrogen (secondary N) is 1. The molecule has 0 bridgehead atoms. The minimum absolute atomic E-state index is 0.0767. The molecule has 0 unspecified atom stereocenters. The van der Waals surface area contributed by atoms with Gasteiger partial charge in [0.15, 0.2) is 0 Å². The molecular formula is C4H7AgNOS. The van der Waals surface area contributed by atoms with Gasteiger partial charge in [0.2, 0.25) is 0 Å². The van der Waals surface area contributed by atoms with Crippen molar-refractivity contribution in [2.45, 2.75) is 0 Å². The Balaban J connectivity index is 3.37. The van der Waals surface area contributed by atoms with E-state index < -0.39 is 0 Å². The Hall–Kier alpha value is 0.300. The van der Waals surface area contributed by atoms with Crippen LogP contribution in [0.5, 0.6) is 0 Å². The molecule has 51 valence electrons. The summed E-state index contributed by atoms with van der Waals surface area (Å²) in [6.07, 6.45) is 1.46. The molecule has 0 aromatic carbocycles. The molecule has 0 fully saturated rings. The molecule has 0 atom stereocenters. The molecule has 2 nitrogen and oxygen atoms in total. The number of amides is 1. The molecule has 0 saturated heterocycles. The van der Waals surface area contributed by atoms with Gasteiger partial charge in [0.05, 0.1) is 0 Å². The molecule has 0 aliphatic carbocycles. The van der Waals surface area contributed by atoms with Gasteiger partial charge in [-0.1, -0.05) is 0 Å². The minimum atomic E-state index is -0.0767. The summed E-state index contributed by atoms with van der Waals surface area (Å²) < 4.78 is 1.71. The Labute approximate surface area is 62.0 Å². The van der Waals surface area contributed by atoms with E-state index in [9.17, 15) is 4.79 Å². The monoisotopic (exact) mass is 224 g/mol. The summed E-state index contributed by atoms with van der Waals surface area (Å²) in [5, 5.41) is 2.44. The zero-order valence-electron chi connectivity index (χ0n) is 4.31. The van der Waals surface area contributed by atoms with Crippen molar-refractivity contribution in [2.75, 3.05) is 7.05 Å². The van der Waals surface area contributed by atoms with Gasteiger partial charge in [0.1, 0.15) is 0 Å². The molecule has 0 aromatic rings.